The fourth-order valence-corrected chi connectivity index (χ4v) is 5.28. The van der Waals surface area contributed by atoms with Crippen LogP contribution in [0.25, 0.3) is 10.9 Å². The fraction of sp³-hybridized carbons (Fsp3) is 0.478. The lowest BCUT2D eigenvalue weighted by molar-refractivity contribution is 0.0717. The number of nitrogens with one attached hydrogen (secondary N) is 1. The van der Waals surface area contributed by atoms with Crippen molar-refractivity contribution in [2.75, 3.05) is 20.2 Å². The number of unbranched alkanes of at least 4 members (excludes halogenated alkanes) is 1. The second kappa shape index (κ2) is 8.57. The number of methoxy groups -OCH3 is 1. The molecule has 154 valence electrons. The molecule has 3 aromatic rings. The number of amides is 1. The predicted molar refractivity (Wildman–Crippen MR) is 118 cm³/mol. The van der Waals surface area contributed by atoms with E-state index in [4.69, 9.17) is 4.74 Å². The van der Waals surface area contributed by atoms with Crippen molar-refractivity contribution < 1.29 is 9.53 Å². The molecule has 1 amide bonds. The molecule has 0 spiro atoms. The summed E-state index contributed by atoms with van der Waals surface area (Å²) in [6.45, 7) is 5.73. The van der Waals surface area contributed by atoms with E-state index >= 15 is 0 Å². The number of aromatic amines is 1. The number of nitrogens with zero attached hydrogens (tertiary/aromatic N) is 2. The standard InChI is InChI=1S/C23H29N3O2S/c1-4-5-6-21-25-15(2)22(29-21)23(27)26-11-9-16(10-12-26)19-14-24-20-8-7-17(28-3)13-18(19)20/h7-8,13-14,16,24H,4-6,9-12H2,1-3H3. The predicted octanol–water partition coefficient (Wildman–Crippen LogP) is 5.30. The van der Waals surface area contributed by atoms with Crippen molar-refractivity contribution in [3.63, 3.8) is 0 Å². The molecule has 1 aromatic carbocycles. The van der Waals surface area contributed by atoms with E-state index in [9.17, 15) is 4.79 Å². The van der Waals surface area contributed by atoms with E-state index in [-0.39, 0.29) is 5.91 Å². The summed E-state index contributed by atoms with van der Waals surface area (Å²) in [6, 6.07) is 6.16. The first-order chi connectivity index (χ1) is 14.1. The number of aromatic nitrogens is 2. The quantitative estimate of drug-likeness (QED) is 0.598. The molecule has 6 heteroatoms. The molecule has 1 aliphatic rings. The van der Waals surface area contributed by atoms with Gasteiger partial charge in [-0.2, -0.15) is 0 Å². The summed E-state index contributed by atoms with van der Waals surface area (Å²) in [5.41, 5.74) is 3.36. The van der Waals surface area contributed by atoms with E-state index in [2.05, 4.69) is 35.2 Å². The third kappa shape index (κ3) is 4.04. The third-order valence-corrected chi connectivity index (χ3v) is 7.13. The number of rotatable bonds is 6. The lowest BCUT2D eigenvalue weighted by atomic mass is 9.89. The van der Waals surface area contributed by atoms with Gasteiger partial charge in [0.05, 0.1) is 17.8 Å². The van der Waals surface area contributed by atoms with Crippen LogP contribution in [0.4, 0.5) is 0 Å². The molecule has 1 N–H and O–H groups in total. The van der Waals surface area contributed by atoms with Gasteiger partial charge >= 0.3 is 0 Å². The van der Waals surface area contributed by atoms with Crippen LogP contribution in [0.1, 0.15) is 64.5 Å². The molecule has 1 aliphatic heterocycles. The van der Waals surface area contributed by atoms with Crippen LogP contribution < -0.4 is 4.74 Å². The van der Waals surface area contributed by atoms with Crippen LogP contribution in [0, 0.1) is 6.92 Å². The van der Waals surface area contributed by atoms with Gasteiger partial charge in [0.1, 0.15) is 10.6 Å². The summed E-state index contributed by atoms with van der Waals surface area (Å²) in [6.07, 6.45) is 7.34. The number of benzene rings is 1. The third-order valence-electron chi connectivity index (χ3n) is 5.92. The Bertz CT molecular complexity index is 999. The first-order valence-corrected chi connectivity index (χ1v) is 11.3. The molecule has 1 saturated heterocycles. The molecule has 29 heavy (non-hydrogen) atoms. The smallest absolute Gasteiger partial charge is 0.265 e. The zero-order valence-corrected chi connectivity index (χ0v) is 18.3. The monoisotopic (exact) mass is 411 g/mol. The van der Waals surface area contributed by atoms with Crippen molar-refractivity contribution in [3.05, 3.63) is 45.5 Å². The number of fused-ring (bicyclic) bond motifs is 1. The van der Waals surface area contributed by atoms with E-state index in [1.807, 2.05) is 17.9 Å². The van der Waals surface area contributed by atoms with E-state index in [0.717, 1.165) is 72.0 Å². The highest BCUT2D eigenvalue weighted by Gasteiger charge is 2.28. The van der Waals surface area contributed by atoms with E-state index in [1.165, 1.54) is 10.9 Å². The van der Waals surface area contributed by atoms with Crippen LogP contribution in [0.15, 0.2) is 24.4 Å². The molecular formula is C23H29N3O2S. The number of hydrogen-bond donors (Lipinski definition) is 1. The van der Waals surface area contributed by atoms with Crippen LogP contribution in [0.3, 0.4) is 0 Å². The Kier molecular flexibility index (Phi) is 5.90. The molecule has 3 heterocycles. The summed E-state index contributed by atoms with van der Waals surface area (Å²) in [7, 11) is 1.70. The molecule has 4 rings (SSSR count). The Morgan fingerprint density at radius 3 is 2.86 bits per heavy atom. The van der Waals surface area contributed by atoms with Gasteiger partial charge in [-0.05, 0) is 62.3 Å². The Morgan fingerprint density at radius 1 is 1.34 bits per heavy atom. The number of thiazole rings is 1. The number of carbonyl (C=O) groups excluding carboxylic acids is 1. The number of hydrogen-bond acceptors (Lipinski definition) is 4. The topological polar surface area (TPSA) is 58.2 Å². The normalized spacial score (nSPS) is 15.2. The molecule has 1 fully saturated rings. The lowest BCUT2D eigenvalue weighted by Crippen LogP contribution is -2.37. The molecule has 5 nitrogen and oxygen atoms in total. The van der Waals surface area contributed by atoms with Crippen LogP contribution in [-0.2, 0) is 6.42 Å². The maximum absolute atomic E-state index is 13.1. The van der Waals surface area contributed by atoms with Gasteiger partial charge in [0, 0.05) is 30.2 Å². The van der Waals surface area contributed by atoms with Crippen molar-refractivity contribution in [1.82, 2.24) is 14.9 Å². The summed E-state index contributed by atoms with van der Waals surface area (Å²) >= 11 is 1.58. The fourth-order valence-electron chi connectivity index (χ4n) is 4.21. The van der Waals surface area contributed by atoms with Crippen molar-refractivity contribution in [1.29, 1.82) is 0 Å². The average molecular weight is 412 g/mol. The number of carbonyl (C=O) groups is 1. The van der Waals surface area contributed by atoms with Crippen LogP contribution >= 0.6 is 11.3 Å². The largest absolute Gasteiger partial charge is 0.497 e. The Labute approximate surface area is 176 Å². The minimum atomic E-state index is 0.154. The number of piperidine rings is 1. The lowest BCUT2D eigenvalue weighted by Gasteiger charge is -2.31. The number of H-pyrrole nitrogens is 1. The first kappa shape index (κ1) is 20.0. The zero-order valence-electron chi connectivity index (χ0n) is 17.5. The molecule has 0 unspecified atom stereocenters. The van der Waals surface area contributed by atoms with Crippen LogP contribution in [-0.4, -0.2) is 41.0 Å². The SMILES string of the molecule is CCCCc1nc(C)c(C(=O)N2CCC(c3c[nH]c4ccc(OC)cc34)CC2)s1. The summed E-state index contributed by atoms with van der Waals surface area (Å²) in [5.74, 6) is 1.50. The van der Waals surface area contributed by atoms with Gasteiger partial charge in [-0.1, -0.05) is 13.3 Å². The van der Waals surface area contributed by atoms with Gasteiger partial charge in [-0.15, -0.1) is 11.3 Å². The van der Waals surface area contributed by atoms with Gasteiger partial charge in [-0.25, -0.2) is 4.98 Å². The number of ether oxygens (including phenoxy) is 1. The Balaban J connectivity index is 1.44. The van der Waals surface area contributed by atoms with E-state index in [0.29, 0.717) is 5.92 Å². The molecule has 0 bridgehead atoms. The highest BCUT2D eigenvalue weighted by Crippen LogP contribution is 2.35. The zero-order chi connectivity index (χ0) is 20.4. The van der Waals surface area contributed by atoms with Crippen molar-refractivity contribution in [2.24, 2.45) is 0 Å². The average Bonchev–Trinajstić information content (AvgIpc) is 3.34. The van der Waals surface area contributed by atoms with Gasteiger partial charge in [-0.3, -0.25) is 4.79 Å². The second-order valence-electron chi connectivity index (χ2n) is 7.85. The number of likely N-dealkylation sites (tertiary alicyclic amines) is 1. The van der Waals surface area contributed by atoms with Gasteiger partial charge in [0.2, 0.25) is 0 Å². The second-order valence-corrected chi connectivity index (χ2v) is 8.93. The van der Waals surface area contributed by atoms with Crippen LogP contribution in [0.5, 0.6) is 5.75 Å². The molecule has 0 saturated carbocycles. The first-order valence-electron chi connectivity index (χ1n) is 10.5. The molecule has 0 radical (unpaired) electrons. The van der Waals surface area contributed by atoms with Gasteiger partial charge in [0.15, 0.2) is 0 Å². The highest BCUT2D eigenvalue weighted by atomic mass is 32.1. The minimum Gasteiger partial charge on any atom is -0.497 e. The molecular weight excluding hydrogens is 382 g/mol. The summed E-state index contributed by atoms with van der Waals surface area (Å²) in [5, 5.41) is 2.32. The summed E-state index contributed by atoms with van der Waals surface area (Å²) in [4.78, 5) is 23.9. The van der Waals surface area contributed by atoms with E-state index in [1.54, 1.807) is 18.4 Å². The Morgan fingerprint density at radius 2 is 2.14 bits per heavy atom. The van der Waals surface area contributed by atoms with Crippen molar-refractivity contribution in [2.45, 2.75) is 51.9 Å². The number of aryl methyl sites for hydroxylation is 2. The molecule has 2 aromatic heterocycles. The van der Waals surface area contributed by atoms with Gasteiger partial charge in [0.25, 0.3) is 5.91 Å². The van der Waals surface area contributed by atoms with Crippen LogP contribution in [0.2, 0.25) is 0 Å². The van der Waals surface area contributed by atoms with Gasteiger partial charge < -0.3 is 14.6 Å². The van der Waals surface area contributed by atoms with Crippen molar-refractivity contribution in [3.8, 4) is 5.75 Å². The van der Waals surface area contributed by atoms with E-state index < -0.39 is 0 Å². The minimum absolute atomic E-state index is 0.154. The molecule has 0 atom stereocenters. The summed E-state index contributed by atoms with van der Waals surface area (Å²) < 4.78 is 5.40. The maximum Gasteiger partial charge on any atom is 0.265 e. The maximum atomic E-state index is 13.1. The Hall–Kier alpha value is -2.34. The van der Waals surface area contributed by atoms with Crippen molar-refractivity contribution >= 4 is 28.1 Å². The molecule has 0 aliphatic carbocycles. The highest BCUT2D eigenvalue weighted by molar-refractivity contribution is 7.13.